The van der Waals surface area contributed by atoms with Crippen LogP contribution in [-0.2, 0) is 4.79 Å². The number of carbonyl (C=O) groups is 1. The molecule has 0 N–H and O–H groups in total. The van der Waals surface area contributed by atoms with Crippen molar-refractivity contribution in [2.24, 2.45) is 0 Å². The van der Waals surface area contributed by atoms with Crippen molar-refractivity contribution in [1.29, 1.82) is 0 Å². The standard InChI is InChI=1S/C4H10NOP/c1-4(3-6)5(2)7/h3-4H,7H2,1-2H3/t4-/m0/s1. The van der Waals surface area contributed by atoms with Crippen LogP contribution in [0.15, 0.2) is 0 Å². The van der Waals surface area contributed by atoms with E-state index in [1.165, 1.54) is 0 Å². The molecule has 0 saturated carbocycles. The van der Waals surface area contributed by atoms with E-state index in [4.69, 9.17) is 0 Å². The topological polar surface area (TPSA) is 20.3 Å². The number of likely N-dealkylation sites (N-methyl/N-ethyl adjacent to an activating group) is 1. The van der Waals surface area contributed by atoms with Gasteiger partial charge in [-0.15, -0.1) is 0 Å². The Bertz CT molecular complexity index is 64.7. The molecule has 0 bridgehead atoms. The third-order valence-electron chi connectivity index (χ3n) is 0.839. The molecule has 0 rings (SSSR count). The predicted octanol–water partition coefficient (Wildman–Crippen LogP) is 0.296. The summed E-state index contributed by atoms with van der Waals surface area (Å²) in [5.74, 6) is 0. The largest absolute Gasteiger partial charge is 0.302 e. The average Bonchev–Trinajstić information content (AvgIpc) is 1.65. The lowest BCUT2D eigenvalue weighted by molar-refractivity contribution is -0.110. The van der Waals surface area contributed by atoms with Gasteiger partial charge in [-0.2, -0.15) is 0 Å². The van der Waals surface area contributed by atoms with Crippen molar-refractivity contribution in [2.75, 3.05) is 7.05 Å². The minimum atomic E-state index is 0.0185. The molecular weight excluding hydrogens is 109 g/mol. The highest BCUT2D eigenvalue weighted by atomic mass is 31.0. The second-order valence-corrected chi connectivity index (χ2v) is 2.36. The van der Waals surface area contributed by atoms with Crippen LogP contribution in [0, 0.1) is 0 Å². The zero-order valence-electron chi connectivity index (χ0n) is 4.59. The van der Waals surface area contributed by atoms with E-state index in [0.717, 1.165) is 6.29 Å². The first-order valence-electron chi connectivity index (χ1n) is 2.11. The van der Waals surface area contributed by atoms with Crippen LogP contribution >= 0.6 is 9.39 Å². The third kappa shape index (κ3) is 2.72. The molecule has 0 heterocycles. The van der Waals surface area contributed by atoms with E-state index in [0.29, 0.717) is 0 Å². The van der Waals surface area contributed by atoms with Crippen molar-refractivity contribution in [1.82, 2.24) is 4.67 Å². The summed E-state index contributed by atoms with van der Waals surface area (Å²) in [5.41, 5.74) is 0. The molecule has 7 heavy (non-hydrogen) atoms. The van der Waals surface area contributed by atoms with Gasteiger partial charge in [0.2, 0.25) is 0 Å². The normalized spacial score (nSPS) is 14.3. The van der Waals surface area contributed by atoms with Crippen molar-refractivity contribution in [3.05, 3.63) is 0 Å². The Balaban J connectivity index is 3.33. The van der Waals surface area contributed by atoms with Crippen LogP contribution in [0.3, 0.4) is 0 Å². The van der Waals surface area contributed by atoms with Crippen LogP contribution in [0.1, 0.15) is 6.92 Å². The summed E-state index contributed by atoms with van der Waals surface area (Å²) in [7, 11) is 4.26. The Labute approximate surface area is 46.1 Å². The number of hydrogen-bond donors (Lipinski definition) is 0. The number of rotatable bonds is 2. The summed E-state index contributed by atoms with van der Waals surface area (Å²) in [6.07, 6.45) is 0.896. The molecular formula is C4H10NOP. The van der Waals surface area contributed by atoms with Gasteiger partial charge in [-0.25, -0.2) is 0 Å². The lowest BCUT2D eigenvalue weighted by atomic mass is 10.4. The number of aldehydes is 1. The van der Waals surface area contributed by atoms with Crippen molar-refractivity contribution < 1.29 is 4.79 Å². The highest BCUT2D eigenvalue weighted by molar-refractivity contribution is 7.13. The molecule has 0 spiro atoms. The Morgan fingerprint density at radius 1 is 1.86 bits per heavy atom. The van der Waals surface area contributed by atoms with E-state index in [1.807, 2.05) is 14.0 Å². The molecule has 42 valence electrons. The van der Waals surface area contributed by atoms with E-state index in [9.17, 15) is 4.79 Å². The summed E-state index contributed by atoms with van der Waals surface area (Å²) in [6.45, 7) is 1.83. The maximum atomic E-state index is 9.89. The maximum Gasteiger partial charge on any atom is 0.137 e. The molecule has 0 aromatic rings. The number of hydrogen-bond acceptors (Lipinski definition) is 2. The zero-order chi connectivity index (χ0) is 5.86. The Kier molecular flexibility index (Phi) is 3.14. The highest BCUT2D eigenvalue weighted by Gasteiger charge is 1.98. The monoisotopic (exact) mass is 119 g/mol. The Hall–Kier alpha value is 0.0600. The fourth-order valence-electron chi connectivity index (χ4n) is 0.0960. The molecule has 2 nitrogen and oxygen atoms in total. The molecule has 0 fully saturated rings. The summed E-state index contributed by atoms with van der Waals surface area (Å²) in [4.78, 5) is 9.89. The highest BCUT2D eigenvalue weighted by Crippen LogP contribution is 1.96. The van der Waals surface area contributed by atoms with E-state index in [-0.39, 0.29) is 6.04 Å². The smallest absolute Gasteiger partial charge is 0.137 e. The van der Waals surface area contributed by atoms with Gasteiger partial charge in [0.05, 0.1) is 6.04 Å². The van der Waals surface area contributed by atoms with Crippen molar-refractivity contribution in [3.8, 4) is 0 Å². The maximum absolute atomic E-state index is 9.89. The number of nitrogens with zero attached hydrogens (tertiary/aromatic N) is 1. The minimum absolute atomic E-state index is 0.0185. The molecule has 0 aliphatic carbocycles. The van der Waals surface area contributed by atoms with Gasteiger partial charge in [-0.3, -0.25) is 4.67 Å². The fraction of sp³-hybridized carbons (Fsp3) is 0.750. The Morgan fingerprint density at radius 3 is 2.29 bits per heavy atom. The van der Waals surface area contributed by atoms with Gasteiger partial charge in [-0.05, 0) is 14.0 Å². The molecule has 0 saturated heterocycles. The van der Waals surface area contributed by atoms with Gasteiger partial charge < -0.3 is 4.79 Å². The average molecular weight is 119 g/mol. The van der Waals surface area contributed by atoms with Crippen LogP contribution < -0.4 is 0 Å². The molecule has 0 aromatic carbocycles. The first kappa shape index (κ1) is 7.06. The molecule has 0 radical (unpaired) electrons. The van der Waals surface area contributed by atoms with Crippen LogP contribution in [0.5, 0.6) is 0 Å². The molecule has 3 heteroatoms. The van der Waals surface area contributed by atoms with Gasteiger partial charge in [-0.1, -0.05) is 9.39 Å². The summed E-state index contributed by atoms with van der Waals surface area (Å²) >= 11 is 0. The van der Waals surface area contributed by atoms with Crippen molar-refractivity contribution in [3.63, 3.8) is 0 Å². The second kappa shape index (κ2) is 3.11. The molecule has 0 aliphatic heterocycles. The molecule has 0 amide bonds. The van der Waals surface area contributed by atoms with Gasteiger partial charge in [0, 0.05) is 0 Å². The van der Waals surface area contributed by atoms with E-state index < -0.39 is 0 Å². The van der Waals surface area contributed by atoms with E-state index in [1.54, 1.807) is 4.67 Å². The van der Waals surface area contributed by atoms with Gasteiger partial charge >= 0.3 is 0 Å². The quantitative estimate of drug-likeness (QED) is 0.385. The lowest BCUT2D eigenvalue weighted by Crippen LogP contribution is -2.19. The molecule has 0 aliphatic rings. The predicted molar refractivity (Wildman–Crippen MR) is 33.0 cm³/mol. The van der Waals surface area contributed by atoms with Crippen molar-refractivity contribution in [2.45, 2.75) is 13.0 Å². The number of carbonyl (C=O) groups excluding carboxylic acids is 1. The third-order valence-corrected chi connectivity index (χ3v) is 1.31. The van der Waals surface area contributed by atoms with Crippen LogP contribution in [0.4, 0.5) is 0 Å². The lowest BCUT2D eigenvalue weighted by Gasteiger charge is -2.10. The Morgan fingerprint density at radius 2 is 2.29 bits per heavy atom. The van der Waals surface area contributed by atoms with Gasteiger partial charge in [0.1, 0.15) is 6.29 Å². The van der Waals surface area contributed by atoms with Gasteiger partial charge in [0.25, 0.3) is 0 Å². The summed E-state index contributed by atoms with van der Waals surface area (Å²) in [6, 6.07) is 0.0185. The molecule has 0 aromatic heterocycles. The fourth-order valence-corrected chi connectivity index (χ4v) is 0.166. The van der Waals surface area contributed by atoms with Crippen LogP contribution in [-0.4, -0.2) is 24.0 Å². The van der Waals surface area contributed by atoms with E-state index >= 15 is 0 Å². The first-order chi connectivity index (χ1) is 3.18. The first-order valence-corrected chi connectivity index (χ1v) is 2.63. The molecule has 1 unspecified atom stereocenters. The summed E-state index contributed by atoms with van der Waals surface area (Å²) in [5, 5.41) is 0. The van der Waals surface area contributed by atoms with Gasteiger partial charge in [0.15, 0.2) is 0 Å². The second-order valence-electron chi connectivity index (χ2n) is 1.54. The summed E-state index contributed by atoms with van der Waals surface area (Å²) < 4.78 is 1.77. The van der Waals surface area contributed by atoms with Crippen LogP contribution in [0.2, 0.25) is 0 Å². The minimum Gasteiger partial charge on any atom is -0.302 e. The zero-order valence-corrected chi connectivity index (χ0v) is 5.74. The molecule has 2 atom stereocenters. The van der Waals surface area contributed by atoms with Crippen LogP contribution in [0.25, 0.3) is 0 Å². The van der Waals surface area contributed by atoms with Crippen molar-refractivity contribution >= 4 is 15.7 Å². The van der Waals surface area contributed by atoms with E-state index in [2.05, 4.69) is 9.39 Å². The SMILES string of the molecule is C[C@@H](C=O)N(C)P.